The topological polar surface area (TPSA) is 56.2 Å². The Kier molecular flexibility index (Phi) is 4.71. The third kappa shape index (κ3) is 3.33. The maximum atomic E-state index is 12.5. The van der Waals surface area contributed by atoms with Crippen molar-refractivity contribution in [3.05, 3.63) is 59.9 Å². The van der Waals surface area contributed by atoms with Gasteiger partial charge in [0.05, 0.1) is 30.7 Å². The quantitative estimate of drug-likeness (QED) is 0.730. The van der Waals surface area contributed by atoms with E-state index in [1.807, 2.05) is 35.8 Å². The Bertz CT molecular complexity index is 953. The van der Waals surface area contributed by atoms with Crippen molar-refractivity contribution in [2.24, 2.45) is 0 Å². The highest BCUT2D eigenvalue weighted by molar-refractivity contribution is 5.94. The first-order valence-corrected chi connectivity index (χ1v) is 7.97. The molecule has 3 aromatic rings. The number of hydrogen-bond acceptors (Lipinski definition) is 3. The Morgan fingerprint density at radius 3 is 2.88 bits per heavy atom. The van der Waals surface area contributed by atoms with E-state index in [9.17, 15) is 4.79 Å². The minimum atomic E-state index is -0.292. The summed E-state index contributed by atoms with van der Waals surface area (Å²) in [6.45, 7) is 2.29. The number of hydrogen-bond donors (Lipinski definition) is 1. The van der Waals surface area contributed by atoms with Crippen LogP contribution >= 0.6 is 0 Å². The Balaban J connectivity index is 1.89. The van der Waals surface area contributed by atoms with Crippen molar-refractivity contribution in [1.29, 1.82) is 0 Å². The highest BCUT2D eigenvalue weighted by atomic mass is 16.5. The van der Waals surface area contributed by atoms with Crippen LogP contribution in [0.15, 0.2) is 48.5 Å². The highest BCUT2D eigenvalue weighted by Crippen LogP contribution is 2.21. The van der Waals surface area contributed by atoms with Crippen molar-refractivity contribution in [2.45, 2.75) is 19.5 Å². The van der Waals surface area contributed by atoms with Crippen LogP contribution in [0.5, 0.6) is 5.75 Å². The molecule has 1 amide bonds. The van der Waals surface area contributed by atoms with Crippen LogP contribution in [-0.4, -0.2) is 22.6 Å². The number of imidazole rings is 1. The minimum Gasteiger partial charge on any atom is -0.497 e. The van der Waals surface area contributed by atoms with Crippen LogP contribution in [0, 0.1) is 12.3 Å². The van der Waals surface area contributed by atoms with Crippen molar-refractivity contribution in [3.8, 4) is 18.1 Å². The number of methoxy groups -OCH3 is 1. The summed E-state index contributed by atoms with van der Waals surface area (Å²) < 4.78 is 7.12. The maximum Gasteiger partial charge on any atom is 0.251 e. The Labute approximate surface area is 146 Å². The third-order valence-electron chi connectivity index (χ3n) is 4.00. The number of benzene rings is 2. The van der Waals surface area contributed by atoms with E-state index in [0.717, 1.165) is 16.9 Å². The molecule has 0 fully saturated rings. The summed E-state index contributed by atoms with van der Waals surface area (Å²) >= 11 is 0. The average molecular weight is 333 g/mol. The number of rotatable bonds is 5. The second-order valence-corrected chi connectivity index (χ2v) is 5.68. The van der Waals surface area contributed by atoms with Crippen molar-refractivity contribution < 1.29 is 9.53 Å². The van der Waals surface area contributed by atoms with Gasteiger partial charge in [-0.05, 0) is 37.3 Å². The van der Waals surface area contributed by atoms with Crippen molar-refractivity contribution in [2.75, 3.05) is 7.11 Å². The molecule has 5 nitrogen and oxygen atoms in total. The Hall–Kier alpha value is -3.26. The molecule has 3 rings (SSSR count). The third-order valence-corrected chi connectivity index (χ3v) is 4.00. The first kappa shape index (κ1) is 16.6. The predicted octanol–water partition coefficient (Wildman–Crippen LogP) is 3.17. The first-order valence-electron chi connectivity index (χ1n) is 7.97. The van der Waals surface area contributed by atoms with E-state index in [1.54, 1.807) is 31.4 Å². The largest absolute Gasteiger partial charge is 0.497 e. The molecule has 0 saturated carbocycles. The summed E-state index contributed by atoms with van der Waals surface area (Å²) in [4.78, 5) is 17.2. The fourth-order valence-corrected chi connectivity index (χ4v) is 2.79. The van der Waals surface area contributed by atoms with E-state index >= 15 is 0 Å². The summed E-state index contributed by atoms with van der Waals surface area (Å²) in [6, 6.07) is 14.5. The van der Waals surface area contributed by atoms with Crippen LogP contribution < -0.4 is 10.1 Å². The number of para-hydroxylation sites is 2. The fraction of sp³-hybridized carbons (Fsp3) is 0.200. The normalized spacial score (nSPS) is 11.7. The maximum absolute atomic E-state index is 12.5. The highest BCUT2D eigenvalue weighted by Gasteiger charge is 2.18. The molecule has 0 spiro atoms. The summed E-state index contributed by atoms with van der Waals surface area (Å²) in [5.41, 5.74) is 2.35. The molecule has 25 heavy (non-hydrogen) atoms. The molecule has 5 heteroatoms. The lowest BCUT2D eigenvalue weighted by atomic mass is 10.2. The molecule has 0 aliphatic rings. The molecule has 1 heterocycles. The van der Waals surface area contributed by atoms with Crippen LogP contribution in [0.1, 0.15) is 29.1 Å². The van der Waals surface area contributed by atoms with Crippen molar-refractivity contribution >= 4 is 16.9 Å². The van der Waals surface area contributed by atoms with Crippen LogP contribution in [0.25, 0.3) is 11.0 Å². The van der Waals surface area contributed by atoms with E-state index in [1.165, 1.54) is 0 Å². The lowest BCUT2D eigenvalue weighted by Gasteiger charge is -2.15. The van der Waals surface area contributed by atoms with Gasteiger partial charge in [0.1, 0.15) is 11.6 Å². The SMILES string of the molecule is C#CCn1c(C(C)NC(=O)c2cccc(OC)c2)nc2ccccc21. The van der Waals surface area contributed by atoms with Gasteiger partial charge in [-0.2, -0.15) is 0 Å². The van der Waals surface area contributed by atoms with Gasteiger partial charge in [0.25, 0.3) is 5.91 Å². The molecule has 1 atom stereocenters. The fourth-order valence-electron chi connectivity index (χ4n) is 2.79. The smallest absolute Gasteiger partial charge is 0.251 e. The molecule has 1 N–H and O–H groups in total. The molecule has 0 aliphatic heterocycles. The molecule has 1 unspecified atom stereocenters. The van der Waals surface area contributed by atoms with Crippen molar-refractivity contribution in [3.63, 3.8) is 0 Å². The summed E-state index contributed by atoms with van der Waals surface area (Å²) in [5, 5.41) is 2.98. The molecular weight excluding hydrogens is 314 g/mol. The molecular formula is C20H19N3O2. The van der Waals surface area contributed by atoms with Gasteiger partial charge in [-0.25, -0.2) is 4.98 Å². The molecule has 2 aromatic carbocycles. The number of ether oxygens (including phenoxy) is 1. The Morgan fingerprint density at radius 1 is 1.32 bits per heavy atom. The van der Waals surface area contributed by atoms with Gasteiger partial charge >= 0.3 is 0 Å². The molecule has 0 radical (unpaired) electrons. The second kappa shape index (κ2) is 7.10. The number of carbonyl (C=O) groups is 1. The lowest BCUT2D eigenvalue weighted by molar-refractivity contribution is 0.0937. The van der Waals surface area contributed by atoms with Gasteiger partial charge in [0, 0.05) is 5.56 Å². The Morgan fingerprint density at radius 2 is 2.12 bits per heavy atom. The van der Waals surface area contributed by atoms with Crippen LogP contribution in [0.3, 0.4) is 0 Å². The monoisotopic (exact) mass is 333 g/mol. The molecule has 0 saturated heterocycles. The summed E-state index contributed by atoms with van der Waals surface area (Å²) in [5.74, 6) is 3.83. The standard InChI is InChI=1S/C20H19N3O2/c1-4-12-23-18-11-6-5-10-17(18)22-19(23)14(2)21-20(24)15-8-7-9-16(13-15)25-3/h1,5-11,13-14H,12H2,2-3H3,(H,21,24). The zero-order valence-corrected chi connectivity index (χ0v) is 14.2. The zero-order chi connectivity index (χ0) is 17.8. The van der Waals surface area contributed by atoms with E-state index in [-0.39, 0.29) is 11.9 Å². The zero-order valence-electron chi connectivity index (χ0n) is 14.2. The number of aromatic nitrogens is 2. The second-order valence-electron chi connectivity index (χ2n) is 5.68. The van der Waals surface area contributed by atoms with E-state index in [0.29, 0.717) is 17.9 Å². The van der Waals surface area contributed by atoms with Gasteiger partial charge < -0.3 is 14.6 Å². The molecule has 0 aliphatic carbocycles. The predicted molar refractivity (Wildman–Crippen MR) is 97.4 cm³/mol. The van der Waals surface area contributed by atoms with Crippen LogP contribution in [0.2, 0.25) is 0 Å². The van der Waals surface area contributed by atoms with Gasteiger partial charge in [0.15, 0.2) is 0 Å². The minimum absolute atomic E-state index is 0.189. The molecule has 0 bridgehead atoms. The van der Waals surface area contributed by atoms with Gasteiger partial charge in [-0.1, -0.05) is 24.1 Å². The van der Waals surface area contributed by atoms with E-state index < -0.39 is 0 Å². The van der Waals surface area contributed by atoms with Crippen LogP contribution in [0.4, 0.5) is 0 Å². The number of amides is 1. The number of nitrogens with one attached hydrogen (secondary N) is 1. The lowest BCUT2D eigenvalue weighted by Crippen LogP contribution is -2.28. The van der Waals surface area contributed by atoms with E-state index in [2.05, 4.69) is 16.2 Å². The van der Waals surface area contributed by atoms with Gasteiger partial charge in [-0.15, -0.1) is 6.42 Å². The number of fused-ring (bicyclic) bond motifs is 1. The number of carbonyl (C=O) groups excluding carboxylic acids is 1. The molecule has 126 valence electrons. The molecule has 1 aromatic heterocycles. The van der Waals surface area contributed by atoms with E-state index in [4.69, 9.17) is 11.2 Å². The van der Waals surface area contributed by atoms with Crippen molar-refractivity contribution in [1.82, 2.24) is 14.9 Å². The average Bonchev–Trinajstić information content (AvgIpc) is 3.01. The van der Waals surface area contributed by atoms with Crippen LogP contribution in [-0.2, 0) is 6.54 Å². The number of terminal acetylenes is 1. The summed E-state index contributed by atoms with van der Waals surface area (Å²) in [6.07, 6.45) is 5.50. The first-order chi connectivity index (χ1) is 12.1. The van der Waals surface area contributed by atoms with Gasteiger partial charge in [-0.3, -0.25) is 4.79 Å². The number of nitrogens with zero attached hydrogens (tertiary/aromatic N) is 2. The summed E-state index contributed by atoms with van der Waals surface area (Å²) in [7, 11) is 1.57. The van der Waals surface area contributed by atoms with Gasteiger partial charge in [0.2, 0.25) is 0 Å².